The highest BCUT2D eigenvalue weighted by molar-refractivity contribution is 5.99. The summed E-state index contributed by atoms with van der Waals surface area (Å²) in [5.74, 6) is 1.32. The number of rotatable bonds is 3. The van der Waals surface area contributed by atoms with Crippen LogP contribution in [0.15, 0.2) is 28.8 Å². The molecule has 2 heteroatoms. The van der Waals surface area contributed by atoms with E-state index in [0.29, 0.717) is 17.2 Å². The van der Waals surface area contributed by atoms with E-state index in [0.717, 1.165) is 12.0 Å². The molecule has 88 valence electrons. The standard InChI is InChI=1S/C14H22N2/c1-14(7-4-8-14)10-11-5-3-6-12(9-11)13(15)16-2/h3,6,9,11H,4-5,7-8,10H2,1-2H3,(H2,15,16). The van der Waals surface area contributed by atoms with Gasteiger partial charge in [-0.15, -0.1) is 0 Å². The van der Waals surface area contributed by atoms with Crippen molar-refractivity contribution in [3.8, 4) is 0 Å². The summed E-state index contributed by atoms with van der Waals surface area (Å²) in [6.07, 6.45) is 13.3. The van der Waals surface area contributed by atoms with Crippen LogP contribution in [0, 0.1) is 11.3 Å². The van der Waals surface area contributed by atoms with Crippen LogP contribution in [0.5, 0.6) is 0 Å². The lowest BCUT2D eigenvalue weighted by Gasteiger charge is -2.41. The zero-order chi connectivity index (χ0) is 11.6. The van der Waals surface area contributed by atoms with Gasteiger partial charge in [-0.2, -0.15) is 0 Å². The maximum Gasteiger partial charge on any atom is 0.125 e. The smallest absolute Gasteiger partial charge is 0.125 e. The first-order valence-corrected chi connectivity index (χ1v) is 6.24. The third-order valence-corrected chi connectivity index (χ3v) is 4.00. The molecular formula is C14H22N2. The Morgan fingerprint density at radius 3 is 2.88 bits per heavy atom. The predicted octanol–water partition coefficient (Wildman–Crippen LogP) is 3.06. The van der Waals surface area contributed by atoms with Gasteiger partial charge in [-0.3, -0.25) is 4.99 Å². The van der Waals surface area contributed by atoms with Gasteiger partial charge in [-0.25, -0.2) is 0 Å². The van der Waals surface area contributed by atoms with Crippen molar-refractivity contribution >= 4 is 5.84 Å². The van der Waals surface area contributed by atoms with Crippen molar-refractivity contribution < 1.29 is 0 Å². The molecule has 0 saturated heterocycles. The second kappa shape index (κ2) is 4.44. The molecule has 0 radical (unpaired) electrons. The van der Waals surface area contributed by atoms with Gasteiger partial charge in [0.1, 0.15) is 5.84 Å². The minimum absolute atomic E-state index is 0.593. The fraction of sp³-hybridized carbons (Fsp3) is 0.643. The van der Waals surface area contributed by atoms with Gasteiger partial charge in [0, 0.05) is 12.6 Å². The molecule has 0 heterocycles. The van der Waals surface area contributed by atoms with Gasteiger partial charge in [0.25, 0.3) is 0 Å². The summed E-state index contributed by atoms with van der Waals surface area (Å²) in [4.78, 5) is 4.05. The predicted molar refractivity (Wildman–Crippen MR) is 69.5 cm³/mol. The fourth-order valence-electron chi connectivity index (χ4n) is 2.81. The highest BCUT2D eigenvalue weighted by atomic mass is 14.8. The zero-order valence-corrected chi connectivity index (χ0v) is 10.4. The van der Waals surface area contributed by atoms with Crippen molar-refractivity contribution in [2.45, 2.75) is 39.0 Å². The maximum absolute atomic E-state index is 5.85. The average molecular weight is 218 g/mol. The van der Waals surface area contributed by atoms with Crippen molar-refractivity contribution in [3.05, 3.63) is 23.8 Å². The van der Waals surface area contributed by atoms with Crippen LogP contribution in [0.4, 0.5) is 0 Å². The summed E-state index contributed by atoms with van der Waals surface area (Å²) < 4.78 is 0. The third-order valence-electron chi connectivity index (χ3n) is 4.00. The molecule has 0 amide bonds. The molecule has 0 aliphatic heterocycles. The van der Waals surface area contributed by atoms with Gasteiger partial charge in [0.05, 0.1) is 0 Å². The quantitative estimate of drug-likeness (QED) is 0.574. The van der Waals surface area contributed by atoms with E-state index in [1.54, 1.807) is 7.05 Å². The van der Waals surface area contributed by atoms with Crippen molar-refractivity contribution in [3.63, 3.8) is 0 Å². The summed E-state index contributed by atoms with van der Waals surface area (Å²) in [7, 11) is 1.75. The second-order valence-electron chi connectivity index (χ2n) is 5.50. The Labute approximate surface area is 98.3 Å². The van der Waals surface area contributed by atoms with E-state index in [1.807, 2.05) is 0 Å². The molecule has 1 unspecified atom stereocenters. The molecule has 1 fully saturated rings. The van der Waals surface area contributed by atoms with Crippen molar-refractivity contribution in [1.29, 1.82) is 0 Å². The van der Waals surface area contributed by atoms with E-state index in [4.69, 9.17) is 5.73 Å². The molecular weight excluding hydrogens is 196 g/mol. The van der Waals surface area contributed by atoms with Gasteiger partial charge in [-0.1, -0.05) is 31.6 Å². The Balaban J connectivity index is 2.02. The Hall–Kier alpha value is -1.05. The summed E-state index contributed by atoms with van der Waals surface area (Å²) in [6.45, 7) is 2.42. The van der Waals surface area contributed by atoms with Crippen LogP contribution in [0.1, 0.15) is 39.0 Å². The first-order valence-electron chi connectivity index (χ1n) is 6.24. The lowest BCUT2D eigenvalue weighted by atomic mass is 9.65. The normalized spacial score (nSPS) is 28.5. The van der Waals surface area contributed by atoms with Crippen LogP contribution in [0.2, 0.25) is 0 Å². The van der Waals surface area contributed by atoms with E-state index in [1.165, 1.54) is 25.7 Å². The minimum Gasteiger partial charge on any atom is -0.384 e. The third kappa shape index (κ3) is 2.37. The number of nitrogens with two attached hydrogens (primary N) is 1. The highest BCUT2D eigenvalue weighted by Crippen LogP contribution is 2.46. The first kappa shape index (κ1) is 11.4. The minimum atomic E-state index is 0.593. The zero-order valence-electron chi connectivity index (χ0n) is 10.4. The lowest BCUT2D eigenvalue weighted by Crippen LogP contribution is -2.28. The van der Waals surface area contributed by atoms with Gasteiger partial charge in [0.2, 0.25) is 0 Å². The van der Waals surface area contributed by atoms with E-state index < -0.39 is 0 Å². The van der Waals surface area contributed by atoms with Crippen LogP contribution >= 0.6 is 0 Å². The maximum atomic E-state index is 5.85. The number of hydrogen-bond acceptors (Lipinski definition) is 1. The number of hydrogen-bond donors (Lipinski definition) is 1. The first-order chi connectivity index (χ1) is 7.63. The van der Waals surface area contributed by atoms with E-state index in [9.17, 15) is 0 Å². The van der Waals surface area contributed by atoms with Crippen molar-refractivity contribution in [2.24, 2.45) is 22.1 Å². The number of allylic oxidation sites excluding steroid dienone is 2. The Kier molecular flexibility index (Phi) is 3.17. The SMILES string of the molecule is CN=C(N)C1=CC(CC2(C)CCC2)CC=C1. The largest absolute Gasteiger partial charge is 0.384 e. The molecule has 1 saturated carbocycles. The monoisotopic (exact) mass is 218 g/mol. The van der Waals surface area contributed by atoms with Gasteiger partial charge >= 0.3 is 0 Å². The molecule has 0 aromatic carbocycles. The average Bonchev–Trinajstić information content (AvgIpc) is 2.26. The molecule has 1 atom stereocenters. The Bertz CT molecular complexity index is 346. The van der Waals surface area contributed by atoms with E-state index in [2.05, 4.69) is 30.1 Å². The molecule has 16 heavy (non-hydrogen) atoms. The second-order valence-corrected chi connectivity index (χ2v) is 5.50. The molecule has 0 bridgehead atoms. The summed E-state index contributed by atoms with van der Waals surface area (Å²) in [6, 6.07) is 0. The molecule has 2 nitrogen and oxygen atoms in total. The van der Waals surface area contributed by atoms with Crippen LogP contribution < -0.4 is 5.73 Å². The van der Waals surface area contributed by atoms with E-state index >= 15 is 0 Å². The molecule has 2 aliphatic carbocycles. The van der Waals surface area contributed by atoms with Crippen molar-refractivity contribution in [1.82, 2.24) is 0 Å². The van der Waals surface area contributed by atoms with Crippen molar-refractivity contribution in [2.75, 3.05) is 7.05 Å². The van der Waals surface area contributed by atoms with E-state index in [-0.39, 0.29) is 0 Å². The highest BCUT2D eigenvalue weighted by Gasteiger charge is 2.33. The molecule has 2 aliphatic rings. The Morgan fingerprint density at radius 1 is 1.56 bits per heavy atom. The van der Waals surface area contributed by atoms with Crippen LogP contribution in [-0.2, 0) is 0 Å². The topological polar surface area (TPSA) is 38.4 Å². The fourth-order valence-corrected chi connectivity index (χ4v) is 2.81. The molecule has 2 rings (SSSR count). The van der Waals surface area contributed by atoms with Gasteiger partial charge in [0.15, 0.2) is 0 Å². The number of nitrogens with zero attached hydrogens (tertiary/aromatic N) is 1. The molecule has 2 N–H and O–H groups in total. The summed E-state index contributed by atoms with van der Waals surface area (Å²) in [5, 5.41) is 0. The summed E-state index contributed by atoms with van der Waals surface area (Å²) >= 11 is 0. The summed E-state index contributed by atoms with van der Waals surface area (Å²) in [5.41, 5.74) is 7.56. The van der Waals surface area contributed by atoms with Gasteiger partial charge in [-0.05, 0) is 37.0 Å². The Morgan fingerprint density at radius 2 is 2.31 bits per heavy atom. The lowest BCUT2D eigenvalue weighted by molar-refractivity contribution is 0.128. The van der Waals surface area contributed by atoms with Gasteiger partial charge < -0.3 is 5.73 Å². The number of amidine groups is 1. The van der Waals surface area contributed by atoms with Crippen LogP contribution in [-0.4, -0.2) is 12.9 Å². The molecule has 0 aromatic rings. The number of aliphatic imine (C=N–C) groups is 1. The van der Waals surface area contributed by atoms with Crippen LogP contribution in [0.25, 0.3) is 0 Å². The molecule has 0 spiro atoms. The van der Waals surface area contributed by atoms with Crippen LogP contribution in [0.3, 0.4) is 0 Å². The molecule has 0 aromatic heterocycles.